The summed E-state index contributed by atoms with van der Waals surface area (Å²) in [4.78, 5) is 30.3. The van der Waals surface area contributed by atoms with Gasteiger partial charge in [0, 0.05) is 35.5 Å². The number of nitrogens with zero attached hydrogens (tertiary/aromatic N) is 2. The molecule has 0 unspecified atom stereocenters. The van der Waals surface area contributed by atoms with Gasteiger partial charge in [-0.25, -0.2) is 4.98 Å². The van der Waals surface area contributed by atoms with Crippen LogP contribution in [0, 0.1) is 6.92 Å². The molecule has 0 aliphatic carbocycles. The van der Waals surface area contributed by atoms with E-state index < -0.39 is 29.8 Å². The Hall–Kier alpha value is -3.66. The fourth-order valence-electron chi connectivity index (χ4n) is 3.42. The number of benzene rings is 2. The first-order valence-electron chi connectivity index (χ1n) is 10.6. The molecule has 0 saturated carbocycles. The molecular weight excluding hydrogens is 451 g/mol. The van der Waals surface area contributed by atoms with Crippen molar-refractivity contribution < 1.29 is 27.8 Å². The normalized spacial score (nSPS) is 11.4. The van der Waals surface area contributed by atoms with Gasteiger partial charge in [-0.15, -0.1) is 0 Å². The lowest BCUT2D eigenvalue weighted by atomic mass is 10.1. The van der Waals surface area contributed by atoms with Crippen LogP contribution in [0.25, 0.3) is 11.4 Å². The van der Waals surface area contributed by atoms with Crippen molar-refractivity contribution in [1.29, 1.82) is 0 Å². The number of carbonyl (C=O) groups excluding carboxylic acids is 1. The smallest absolute Gasteiger partial charge is 0.416 e. The molecule has 2 aromatic carbocycles. The highest BCUT2D eigenvalue weighted by Crippen LogP contribution is 2.30. The van der Waals surface area contributed by atoms with Crippen LogP contribution in [0.5, 0.6) is 5.75 Å². The average molecular weight is 475 g/mol. The first-order valence-corrected chi connectivity index (χ1v) is 10.6. The van der Waals surface area contributed by atoms with Crippen molar-refractivity contribution in [2.75, 3.05) is 18.5 Å². The van der Waals surface area contributed by atoms with Gasteiger partial charge in [-0.1, -0.05) is 12.1 Å². The van der Waals surface area contributed by atoms with Crippen LogP contribution >= 0.6 is 0 Å². The van der Waals surface area contributed by atoms with Crippen LogP contribution < -0.4 is 15.6 Å². The first kappa shape index (κ1) is 25.0. The Labute approximate surface area is 193 Å². The predicted molar refractivity (Wildman–Crippen MR) is 121 cm³/mol. The zero-order chi connectivity index (χ0) is 24.9. The number of hydrogen-bond acceptors (Lipinski definition) is 5. The van der Waals surface area contributed by atoms with Crippen molar-refractivity contribution in [1.82, 2.24) is 9.55 Å². The molecule has 3 rings (SSSR count). The number of anilines is 1. The summed E-state index contributed by atoms with van der Waals surface area (Å²) in [7, 11) is 0. The number of halogens is 3. The Kier molecular flexibility index (Phi) is 7.72. The highest BCUT2D eigenvalue weighted by atomic mass is 19.4. The summed E-state index contributed by atoms with van der Waals surface area (Å²) in [6, 6.07) is 10.9. The third kappa shape index (κ3) is 5.82. The van der Waals surface area contributed by atoms with E-state index in [-0.39, 0.29) is 30.0 Å². The van der Waals surface area contributed by atoms with E-state index >= 15 is 0 Å². The number of amides is 1. The van der Waals surface area contributed by atoms with Crippen molar-refractivity contribution in [2.45, 2.75) is 33.0 Å². The molecule has 34 heavy (non-hydrogen) atoms. The fourth-order valence-corrected chi connectivity index (χ4v) is 3.42. The maximum Gasteiger partial charge on any atom is 0.416 e. The molecule has 0 atom stereocenters. The van der Waals surface area contributed by atoms with E-state index in [0.717, 1.165) is 16.7 Å². The zero-order valence-corrected chi connectivity index (χ0v) is 18.6. The average Bonchev–Trinajstić information content (AvgIpc) is 2.79. The van der Waals surface area contributed by atoms with Crippen LogP contribution in [0.1, 0.15) is 23.7 Å². The summed E-state index contributed by atoms with van der Waals surface area (Å²) in [6.07, 6.45) is -4.48. The van der Waals surface area contributed by atoms with Crippen LogP contribution in [0.15, 0.2) is 53.3 Å². The minimum absolute atomic E-state index is 0.0332. The molecule has 0 aliphatic heterocycles. The fraction of sp³-hybridized carbons (Fsp3) is 0.292. The number of aryl methyl sites for hydroxylation is 1. The van der Waals surface area contributed by atoms with Crippen LogP contribution in [0.2, 0.25) is 0 Å². The van der Waals surface area contributed by atoms with Crippen LogP contribution in [-0.4, -0.2) is 33.8 Å². The van der Waals surface area contributed by atoms with E-state index in [2.05, 4.69) is 10.3 Å². The monoisotopic (exact) mass is 475 g/mol. The highest BCUT2D eigenvalue weighted by Gasteiger charge is 2.30. The van der Waals surface area contributed by atoms with Crippen molar-refractivity contribution >= 4 is 11.6 Å². The molecule has 1 aromatic heterocycles. The molecule has 0 fully saturated rings. The maximum absolute atomic E-state index is 13.1. The van der Waals surface area contributed by atoms with Gasteiger partial charge in [-0.05, 0) is 50.2 Å². The van der Waals surface area contributed by atoms with Crippen LogP contribution in [-0.2, 0) is 23.9 Å². The molecule has 7 nitrogen and oxygen atoms in total. The Morgan fingerprint density at radius 2 is 1.76 bits per heavy atom. The number of nitrogens with one attached hydrogen (secondary N) is 1. The van der Waals surface area contributed by atoms with E-state index in [0.29, 0.717) is 23.7 Å². The third-order valence-corrected chi connectivity index (χ3v) is 5.05. The molecule has 1 amide bonds. The molecule has 0 bridgehead atoms. The van der Waals surface area contributed by atoms with Crippen molar-refractivity contribution in [3.05, 3.63) is 75.7 Å². The van der Waals surface area contributed by atoms with Crippen molar-refractivity contribution in [3.63, 3.8) is 0 Å². The quantitative estimate of drug-likeness (QED) is 0.517. The van der Waals surface area contributed by atoms with E-state index in [1.165, 1.54) is 12.1 Å². The molecule has 3 aromatic rings. The third-order valence-electron chi connectivity index (χ3n) is 5.05. The number of aliphatic hydroxyl groups is 1. The van der Waals surface area contributed by atoms with Gasteiger partial charge in [-0.3, -0.25) is 14.2 Å². The second kappa shape index (κ2) is 10.5. The van der Waals surface area contributed by atoms with Crippen molar-refractivity contribution in [2.24, 2.45) is 0 Å². The molecule has 0 saturated heterocycles. The summed E-state index contributed by atoms with van der Waals surface area (Å²) in [6.45, 7) is 3.20. The standard InChI is InChI=1S/C24H24F3N3O4/c1-3-34-19-10-8-18(9-11-19)29-21(32)14-30-22(28-15(2)20(12-13-31)23(30)33)16-4-6-17(7-5-16)24(25,26)27/h4-11,31H,3,12-14H2,1-2H3,(H,29,32). The number of ether oxygens (including phenoxy) is 1. The number of hydrogen-bond donors (Lipinski definition) is 2. The molecule has 0 radical (unpaired) electrons. The predicted octanol–water partition coefficient (Wildman–Crippen LogP) is 3.81. The molecule has 2 N–H and O–H groups in total. The topological polar surface area (TPSA) is 93.4 Å². The van der Waals surface area contributed by atoms with E-state index in [1.807, 2.05) is 6.92 Å². The van der Waals surface area contributed by atoms with E-state index in [9.17, 15) is 27.9 Å². The summed E-state index contributed by atoms with van der Waals surface area (Å²) in [5, 5.41) is 12.0. The summed E-state index contributed by atoms with van der Waals surface area (Å²) in [5.41, 5.74) is -0.0969. The lowest BCUT2D eigenvalue weighted by Gasteiger charge is -2.16. The van der Waals surface area contributed by atoms with E-state index in [1.54, 1.807) is 31.2 Å². The van der Waals surface area contributed by atoms with Gasteiger partial charge in [0.05, 0.1) is 12.2 Å². The number of aromatic nitrogens is 2. The lowest BCUT2D eigenvalue weighted by Crippen LogP contribution is -2.33. The molecule has 10 heteroatoms. The summed E-state index contributed by atoms with van der Waals surface area (Å²) < 4.78 is 45.3. The van der Waals surface area contributed by atoms with Gasteiger partial charge < -0.3 is 15.2 Å². The molecule has 1 heterocycles. The van der Waals surface area contributed by atoms with Crippen molar-refractivity contribution in [3.8, 4) is 17.1 Å². The highest BCUT2D eigenvalue weighted by molar-refractivity contribution is 5.90. The zero-order valence-electron chi connectivity index (χ0n) is 18.6. The van der Waals surface area contributed by atoms with Gasteiger partial charge in [0.2, 0.25) is 5.91 Å². The number of rotatable bonds is 8. The molecular formula is C24H24F3N3O4. The minimum Gasteiger partial charge on any atom is -0.494 e. The van der Waals surface area contributed by atoms with Gasteiger partial charge in [0.25, 0.3) is 5.56 Å². The Morgan fingerprint density at radius 3 is 2.32 bits per heavy atom. The number of aliphatic hydroxyl groups excluding tert-OH is 1. The van der Waals surface area contributed by atoms with Crippen LogP contribution in [0.3, 0.4) is 0 Å². The summed E-state index contributed by atoms with van der Waals surface area (Å²) in [5.74, 6) is 0.164. The lowest BCUT2D eigenvalue weighted by molar-refractivity contribution is -0.137. The van der Waals surface area contributed by atoms with Gasteiger partial charge in [-0.2, -0.15) is 13.2 Å². The second-order valence-electron chi connectivity index (χ2n) is 7.44. The Bertz CT molecular complexity index is 1200. The van der Waals surface area contributed by atoms with Gasteiger partial charge >= 0.3 is 6.18 Å². The second-order valence-corrected chi connectivity index (χ2v) is 7.44. The van der Waals surface area contributed by atoms with Gasteiger partial charge in [0.1, 0.15) is 18.1 Å². The van der Waals surface area contributed by atoms with E-state index in [4.69, 9.17) is 4.74 Å². The first-order chi connectivity index (χ1) is 16.1. The molecule has 180 valence electrons. The number of alkyl halides is 3. The minimum atomic E-state index is -4.51. The molecule has 0 aliphatic rings. The SMILES string of the molecule is CCOc1ccc(NC(=O)Cn2c(-c3ccc(C(F)(F)F)cc3)nc(C)c(CCO)c2=O)cc1. The maximum atomic E-state index is 13.1. The Balaban J connectivity index is 1.96. The van der Waals surface area contributed by atoms with Crippen LogP contribution in [0.4, 0.5) is 18.9 Å². The largest absolute Gasteiger partial charge is 0.494 e. The summed E-state index contributed by atoms with van der Waals surface area (Å²) >= 11 is 0. The number of carbonyl (C=O) groups is 1. The van der Waals surface area contributed by atoms with Gasteiger partial charge in [0.15, 0.2) is 0 Å². The molecule has 0 spiro atoms. The Morgan fingerprint density at radius 1 is 1.12 bits per heavy atom.